The van der Waals surface area contributed by atoms with Gasteiger partial charge in [-0.1, -0.05) is 20.8 Å². The Morgan fingerprint density at radius 3 is 2.67 bits per heavy atom. The molecule has 1 amide bonds. The molecule has 0 unspecified atom stereocenters. The van der Waals surface area contributed by atoms with Gasteiger partial charge in [-0.05, 0) is 18.2 Å². The van der Waals surface area contributed by atoms with Gasteiger partial charge in [-0.25, -0.2) is 13.4 Å². The molecule has 0 N–H and O–H groups in total. The first-order chi connectivity index (χ1) is 12.6. The molecule has 3 rings (SSSR count). The highest BCUT2D eigenvalue weighted by molar-refractivity contribution is 7.90. The summed E-state index contributed by atoms with van der Waals surface area (Å²) in [6.07, 6.45) is 3.43. The molecule has 0 fully saturated rings. The Morgan fingerprint density at radius 1 is 1.30 bits per heavy atom. The molecule has 0 aliphatic carbocycles. The van der Waals surface area contributed by atoms with Crippen molar-refractivity contribution < 1.29 is 22.4 Å². The molecule has 0 atom stereocenters. The minimum Gasteiger partial charge on any atom is -0.490 e. The number of benzene rings is 1. The standard InChI is InChI=1S/C19H24N2O5S/c1-19(2,3)16-12-20-17(26-16)7-8-18(22)21-9-10-25-15-6-5-13(11-14(15)21)27(4,23)24/h5-6,11-12H,7-10H2,1-4H3. The lowest BCUT2D eigenvalue weighted by atomic mass is 9.94. The van der Waals surface area contributed by atoms with Crippen molar-refractivity contribution >= 4 is 21.4 Å². The van der Waals surface area contributed by atoms with Crippen LogP contribution in [0.15, 0.2) is 33.7 Å². The number of sulfone groups is 1. The second kappa shape index (κ2) is 6.99. The topological polar surface area (TPSA) is 89.7 Å². The Balaban J connectivity index is 1.76. The third-order valence-corrected chi connectivity index (χ3v) is 5.48. The minimum absolute atomic E-state index is 0.124. The average Bonchev–Trinajstić information content (AvgIpc) is 3.07. The summed E-state index contributed by atoms with van der Waals surface area (Å²) in [5.41, 5.74) is 0.345. The van der Waals surface area contributed by atoms with Crippen LogP contribution in [-0.2, 0) is 26.5 Å². The fraction of sp³-hybridized carbons (Fsp3) is 0.474. The molecule has 1 aromatic heterocycles. The highest BCUT2D eigenvalue weighted by Crippen LogP contribution is 2.34. The number of carbonyl (C=O) groups excluding carboxylic acids is 1. The number of ether oxygens (including phenoxy) is 1. The van der Waals surface area contributed by atoms with Crippen molar-refractivity contribution in [3.05, 3.63) is 36.0 Å². The van der Waals surface area contributed by atoms with Gasteiger partial charge in [-0.3, -0.25) is 4.79 Å². The highest BCUT2D eigenvalue weighted by atomic mass is 32.2. The number of anilines is 1. The van der Waals surface area contributed by atoms with E-state index in [1.54, 1.807) is 17.2 Å². The number of rotatable bonds is 4. The molecule has 0 saturated heterocycles. The Labute approximate surface area is 159 Å². The Kier molecular flexibility index (Phi) is 5.03. The van der Waals surface area contributed by atoms with Gasteiger partial charge in [0.25, 0.3) is 0 Å². The maximum Gasteiger partial charge on any atom is 0.227 e. The van der Waals surface area contributed by atoms with E-state index in [1.807, 2.05) is 20.8 Å². The van der Waals surface area contributed by atoms with Gasteiger partial charge in [-0.2, -0.15) is 0 Å². The summed E-state index contributed by atoms with van der Waals surface area (Å²) < 4.78 is 34.9. The third kappa shape index (κ3) is 4.32. The predicted octanol–water partition coefficient (Wildman–Crippen LogP) is 2.73. The minimum atomic E-state index is -3.37. The van der Waals surface area contributed by atoms with Crippen LogP contribution in [0.3, 0.4) is 0 Å². The van der Waals surface area contributed by atoms with Crippen molar-refractivity contribution in [1.29, 1.82) is 0 Å². The van der Waals surface area contributed by atoms with Gasteiger partial charge in [0.15, 0.2) is 15.7 Å². The normalized spacial score (nSPS) is 14.6. The second-order valence-electron chi connectivity index (χ2n) is 7.66. The van der Waals surface area contributed by atoms with E-state index in [1.165, 1.54) is 12.1 Å². The lowest BCUT2D eigenvalue weighted by molar-refractivity contribution is -0.118. The Morgan fingerprint density at radius 2 is 2.04 bits per heavy atom. The van der Waals surface area contributed by atoms with Gasteiger partial charge in [0.1, 0.15) is 18.1 Å². The van der Waals surface area contributed by atoms with E-state index in [0.29, 0.717) is 36.9 Å². The molecule has 0 spiro atoms. The molecule has 0 bridgehead atoms. The van der Waals surface area contributed by atoms with Crippen molar-refractivity contribution in [2.75, 3.05) is 24.3 Å². The van der Waals surface area contributed by atoms with Crippen LogP contribution in [0.5, 0.6) is 5.75 Å². The number of hydrogen-bond acceptors (Lipinski definition) is 6. The average molecular weight is 392 g/mol. The number of aryl methyl sites for hydroxylation is 1. The number of hydrogen-bond donors (Lipinski definition) is 0. The monoisotopic (exact) mass is 392 g/mol. The van der Waals surface area contributed by atoms with E-state index in [9.17, 15) is 13.2 Å². The van der Waals surface area contributed by atoms with E-state index >= 15 is 0 Å². The number of oxazole rings is 1. The fourth-order valence-corrected chi connectivity index (χ4v) is 3.45. The van der Waals surface area contributed by atoms with Gasteiger partial charge in [0.05, 0.1) is 23.3 Å². The summed E-state index contributed by atoms with van der Waals surface area (Å²) in [5.74, 6) is 1.68. The first-order valence-electron chi connectivity index (χ1n) is 8.78. The first-order valence-corrected chi connectivity index (χ1v) is 10.7. The van der Waals surface area contributed by atoms with Crippen LogP contribution in [0, 0.1) is 0 Å². The van der Waals surface area contributed by atoms with E-state index in [4.69, 9.17) is 9.15 Å². The molecule has 1 aromatic carbocycles. The van der Waals surface area contributed by atoms with Crippen LogP contribution < -0.4 is 9.64 Å². The molecule has 2 heterocycles. The maximum atomic E-state index is 12.8. The van der Waals surface area contributed by atoms with Crippen molar-refractivity contribution in [3.63, 3.8) is 0 Å². The van der Waals surface area contributed by atoms with Crippen LogP contribution in [-0.4, -0.2) is 38.7 Å². The largest absolute Gasteiger partial charge is 0.490 e. The summed E-state index contributed by atoms with van der Waals surface area (Å²) in [4.78, 5) is 18.7. The molecule has 1 aliphatic heterocycles. The fourth-order valence-electron chi connectivity index (χ4n) is 2.81. The summed E-state index contributed by atoms with van der Waals surface area (Å²) in [6.45, 7) is 6.84. The number of amides is 1. The third-order valence-electron chi connectivity index (χ3n) is 4.37. The van der Waals surface area contributed by atoms with Crippen molar-refractivity contribution in [1.82, 2.24) is 4.98 Å². The quantitative estimate of drug-likeness (QED) is 0.795. The highest BCUT2D eigenvalue weighted by Gasteiger charge is 2.26. The molecule has 27 heavy (non-hydrogen) atoms. The van der Waals surface area contributed by atoms with E-state index < -0.39 is 9.84 Å². The molecule has 146 valence electrons. The number of aromatic nitrogens is 1. The van der Waals surface area contributed by atoms with Gasteiger partial charge < -0.3 is 14.1 Å². The molecule has 8 heteroatoms. The second-order valence-corrected chi connectivity index (χ2v) is 9.68. The summed E-state index contributed by atoms with van der Waals surface area (Å²) in [6, 6.07) is 4.57. The molecular weight excluding hydrogens is 368 g/mol. The van der Waals surface area contributed by atoms with E-state index in [-0.39, 0.29) is 22.6 Å². The first kappa shape index (κ1) is 19.4. The Bertz CT molecular complexity index is 957. The zero-order chi connectivity index (χ0) is 19.8. The molecule has 7 nitrogen and oxygen atoms in total. The molecule has 1 aliphatic rings. The predicted molar refractivity (Wildman–Crippen MR) is 101 cm³/mol. The molecule has 0 radical (unpaired) electrons. The van der Waals surface area contributed by atoms with Crippen LogP contribution in [0.1, 0.15) is 38.8 Å². The Hall–Kier alpha value is -2.35. The zero-order valence-electron chi connectivity index (χ0n) is 16.0. The van der Waals surface area contributed by atoms with Crippen molar-refractivity contribution in [2.45, 2.75) is 43.9 Å². The van der Waals surface area contributed by atoms with Crippen LogP contribution in [0.25, 0.3) is 0 Å². The summed E-state index contributed by atoms with van der Waals surface area (Å²) in [5, 5.41) is 0. The van der Waals surface area contributed by atoms with Crippen molar-refractivity contribution in [3.8, 4) is 5.75 Å². The van der Waals surface area contributed by atoms with Crippen LogP contribution in [0.4, 0.5) is 5.69 Å². The SMILES string of the molecule is CC(C)(C)c1cnc(CCC(=O)N2CCOc3ccc(S(C)(=O)=O)cc32)o1. The van der Waals surface area contributed by atoms with Gasteiger partial charge in [-0.15, -0.1) is 0 Å². The smallest absolute Gasteiger partial charge is 0.227 e. The number of nitrogens with zero attached hydrogens (tertiary/aromatic N) is 2. The van der Waals surface area contributed by atoms with Gasteiger partial charge in [0, 0.05) is 24.5 Å². The van der Waals surface area contributed by atoms with Gasteiger partial charge >= 0.3 is 0 Å². The molecule has 0 saturated carbocycles. The molecular formula is C19H24N2O5S. The lowest BCUT2D eigenvalue weighted by Crippen LogP contribution is -2.38. The van der Waals surface area contributed by atoms with E-state index in [0.717, 1.165) is 12.0 Å². The van der Waals surface area contributed by atoms with E-state index in [2.05, 4.69) is 4.98 Å². The van der Waals surface area contributed by atoms with Crippen LogP contribution in [0.2, 0.25) is 0 Å². The lowest BCUT2D eigenvalue weighted by Gasteiger charge is -2.29. The van der Waals surface area contributed by atoms with Gasteiger partial charge in [0.2, 0.25) is 5.91 Å². The number of fused-ring (bicyclic) bond motifs is 1. The van der Waals surface area contributed by atoms with Crippen molar-refractivity contribution in [2.24, 2.45) is 0 Å². The zero-order valence-corrected chi connectivity index (χ0v) is 16.8. The van der Waals surface area contributed by atoms with Crippen LogP contribution >= 0.6 is 0 Å². The maximum absolute atomic E-state index is 12.8. The summed E-state index contributed by atoms with van der Waals surface area (Å²) in [7, 11) is -3.37. The molecule has 2 aromatic rings. The number of carbonyl (C=O) groups is 1. The summed E-state index contributed by atoms with van der Waals surface area (Å²) >= 11 is 0.